The number of hydrogen-bond acceptors (Lipinski definition) is 3. The maximum Gasteiger partial charge on any atom is 0.182 e. The van der Waals surface area contributed by atoms with Crippen molar-refractivity contribution in [3.63, 3.8) is 0 Å². The molecule has 0 fully saturated rings. The van der Waals surface area contributed by atoms with E-state index in [0.29, 0.717) is 5.75 Å². The minimum absolute atomic E-state index is 0. The van der Waals surface area contributed by atoms with Crippen LogP contribution in [0.3, 0.4) is 0 Å². The molecule has 1 atom stereocenters. The third-order valence-electron chi connectivity index (χ3n) is 1.27. The Hall–Kier alpha value is 0.390. The van der Waals surface area contributed by atoms with Crippen LogP contribution in [0.25, 0.3) is 0 Å². The van der Waals surface area contributed by atoms with E-state index < -0.39 is 8.77 Å². The van der Waals surface area contributed by atoms with Crippen molar-refractivity contribution in [1.29, 1.82) is 0 Å². The van der Waals surface area contributed by atoms with Crippen LogP contribution in [-0.4, -0.2) is 40.0 Å². The molecule has 5 heteroatoms. The van der Waals surface area contributed by atoms with Crippen LogP contribution in [0.2, 0.25) is 0 Å². The van der Waals surface area contributed by atoms with E-state index in [4.69, 9.17) is 4.18 Å². The molecule has 1 radical (unpaired) electrons. The molecule has 0 spiro atoms. The van der Waals surface area contributed by atoms with Crippen LogP contribution >= 0.6 is 0 Å². The summed E-state index contributed by atoms with van der Waals surface area (Å²) in [6.07, 6.45) is 1.39. The average Bonchev–Trinajstić information content (AvgIpc) is 1.91. The molecule has 0 saturated heterocycles. The van der Waals surface area contributed by atoms with Gasteiger partial charge in [0.15, 0.2) is 8.77 Å². The molecule has 1 aromatic rings. The van der Waals surface area contributed by atoms with Crippen molar-refractivity contribution in [3.05, 3.63) is 29.8 Å². The fraction of sp³-hybridized carbons (Fsp3) is 0.250. The molecule has 0 aliphatic rings. The summed E-state index contributed by atoms with van der Waals surface area (Å²) in [7, 11) is -2.56. The first-order valence-electron chi connectivity index (χ1n) is 3.43. The number of hydrogen-bond donors (Lipinski definition) is 0. The maximum absolute atomic E-state index is 11.0. The van der Waals surface area contributed by atoms with Crippen molar-refractivity contribution >= 4 is 49.5 Å². The van der Waals surface area contributed by atoms with E-state index in [-0.39, 0.29) is 29.6 Å². The summed E-state index contributed by atoms with van der Waals surface area (Å²) >= 11 is 4.61. The first-order chi connectivity index (χ1) is 5.47. The van der Waals surface area contributed by atoms with Gasteiger partial charge in [-0.15, -0.1) is 0 Å². The fourth-order valence-corrected chi connectivity index (χ4v) is 1.47. The second-order valence-electron chi connectivity index (χ2n) is 2.60. The number of benzene rings is 1. The SMILES string of the molecule is Cc1ccc(OS(C)(=O)=S)cc1.[Na]. The van der Waals surface area contributed by atoms with E-state index in [1.54, 1.807) is 12.1 Å². The van der Waals surface area contributed by atoms with E-state index in [1.807, 2.05) is 19.1 Å². The third kappa shape index (κ3) is 5.65. The molecule has 0 aliphatic carbocycles. The Morgan fingerprint density at radius 2 is 1.77 bits per heavy atom. The normalized spacial score (nSPS) is 14.0. The standard InChI is InChI=1S/C8H10O2S2.Na/c1-7-3-5-8(6-4-7)10-12(2,9)11;/h3-6H,1-2H3;. The minimum atomic E-state index is -2.56. The van der Waals surface area contributed by atoms with Crippen molar-refractivity contribution < 1.29 is 8.39 Å². The second kappa shape index (κ2) is 5.32. The van der Waals surface area contributed by atoms with Gasteiger partial charge in [-0.3, -0.25) is 0 Å². The summed E-state index contributed by atoms with van der Waals surface area (Å²) in [6, 6.07) is 7.28. The van der Waals surface area contributed by atoms with E-state index in [1.165, 1.54) is 6.26 Å². The smallest absolute Gasteiger partial charge is 0.182 e. The van der Waals surface area contributed by atoms with E-state index in [2.05, 4.69) is 11.2 Å². The molecule has 0 aliphatic heterocycles. The van der Waals surface area contributed by atoms with Crippen LogP contribution in [0, 0.1) is 6.92 Å². The van der Waals surface area contributed by atoms with Gasteiger partial charge >= 0.3 is 0 Å². The first kappa shape index (κ1) is 13.4. The van der Waals surface area contributed by atoms with Gasteiger partial charge in [0.05, 0.1) is 0 Å². The molecule has 0 heterocycles. The van der Waals surface area contributed by atoms with Crippen molar-refractivity contribution in [2.75, 3.05) is 6.26 Å². The zero-order valence-corrected chi connectivity index (χ0v) is 11.6. The van der Waals surface area contributed by atoms with E-state index >= 15 is 0 Å². The molecule has 13 heavy (non-hydrogen) atoms. The largest absolute Gasteiger partial charge is 0.401 e. The molecular weight excluding hydrogens is 215 g/mol. The molecule has 0 bridgehead atoms. The molecule has 1 rings (SSSR count). The van der Waals surface area contributed by atoms with Crippen LogP contribution in [0.1, 0.15) is 5.56 Å². The molecule has 67 valence electrons. The number of rotatable bonds is 2. The Balaban J connectivity index is 0.00000144. The number of aryl methyl sites for hydroxylation is 1. The minimum Gasteiger partial charge on any atom is -0.401 e. The van der Waals surface area contributed by atoms with Crippen molar-refractivity contribution in [2.45, 2.75) is 6.92 Å². The molecule has 0 N–H and O–H groups in total. The van der Waals surface area contributed by atoms with Gasteiger partial charge in [0.1, 0.15) is 5.75 Å². The molecule has 2 nitrogen and oxygen atoms in total. The van der Waals surface area contributed by atoms with E-state index in [0.717, 1.165) is 5.56 Å². The predicted octanol–water partition coefficient (Wildman–Crippen LogP) is 1.28. The second-order valence-corrected chi connectivity index (χ2v) is 5.99. The topological polar surface area (TPSA) is 26.3 Å². The van der Waals surface area contributed by atoms with E-state index in [9.17, 15) is 4.21 Å². The summed E-state index contributed by atoms with van der Waals surface area (Å²) in [5.74, 6) is 0.558. The monoisotopic (exact) mass is 225 g/mol. The van der Waals surface area contributed by atoms with Gasteiger partial charge in [0, 0.05) is 47.0 Å². The Morgan fingerprint density at radius 3 is 2.15 bits per heavy atom. The quantitative estimate of drug-likeness (QED) is 0.709. The van der Waals surface area contributed by atoms with Crippen molar-refractivity contribution in [1.82, 2.24) is 0 Å². The Kier molecular flexibility index (Phi) is 5.47. The summed E-state index contributed by atoms with van der Waals surface area (Å²) < 4.78 is 16.0. The Labute approximate surface area is 106 Å². The Morgan fingerprint density at radius 1 is 1.31 bits per heavy atom. The zero-order chi connectivity index (χ0) is 9.19. The Bertz CT molecular complexity index is 356. The van der Waals surface area contributed by atoms with Gasteiger partial charge in [0.25, 0.3) is 0 Å². The summed E-state index contributed by atoms with van der Waals surface area (Å²) in [5, 5.41) is 0. The summed E-state index contributed by atoms with van der Waals surface area (Å²) in [6.45, 7) is 1.97. The zero-order valence-electron chi connectivity index (χ0n) is 7.94. The third-order valence-corrected chi connectivity index (χ3v) is 1.97. The molecule has 0 amide bonds. The molecule has 0 saturated carbocycles. The van der Waals surface area contributed by atoms with Crippen LogP contribution in [0.15, 0.2) is 24.3 Å². The average molecular weight is 225 g/mol. The van der Waals surface area contributed by atoms with Crippen LogP contribution in [-0.2, 0) is 20.0 Å². The van der Waals surface area contributed by atoms with Gasteiger partial charge in [-0.05, 0) is 19.1 Å². The van der Waals surface area contributed by atoms with Crippen LogP contribution in [0.5, 0.6) is 5.75 Å². The van der Waals surface area contributed by atoms with Gasteiger partial charge < -0.3 is 4.18 Å². The van der Waals surface area contributed by atoms with Gasteiger partial charge in [-0.1, -0.05) is 17.7 Å². The molecule has 0 aromatic heterocycles. The molecular formula is C8H10NaO2S2. The van der Waals surface area contributed by atoms with Crippen molar-refractivity contribution in [3.8, 4) is 5.75 Å². The molecule has 1 aromatic carbocycles. The molecule has 1 unspecified atom stereocenters. The van der Waals surface area contributed by atoms with Crippen molar-refractivity contribution in [2.24, 2.45) is 0 Å². The van der Waals surface area contributed by atoms with Gasteiger partial charge in [-0.25, -0.2) is 4.21 Å². The van der Waals surface area contributed by atoms with Crippen LogP contribution < -0.4 is 4.18 Å². The first-order valence-corrected chi connectivity index (χ1v) is 6.25. The fourth-order valence-electron chi connectivity index (χ4n) is 0.769. The van der Waals surface area contributed by atoms with Gasteiger partial charge in [-0.2, -0.15) is 0 Å². The summed E-state index contributed by atoms with van der Waals surface area (Å²) in [4.78, 5) is 0. The van der Waals surface area contributed by atoms with Crippen LogP contribution in [0.4, 0.5) is 0 Å². The maximum atomic E-state index is 11.0. The predicted molar refractivity (Wildman–Crippen MR) is 59.0 cm³/mol. The summed E-state index contributed by atoms with van der Waals surface area (Å²) in [5.41, 5.74) is 1.13. The van der Waals surface area contributed by atoms with Gasteiger partial charge in [0.2, 0.25) is 0 Å².